The van der Waals surface area contributed by atoms with Gasteiger partial charge in [-0.1, -0.05) is 40.2 Å². The number of rotatable bonds is 2. The normalized spacial score (nSPS) is 11.4. The molecule has 0 aliphatic carbocycles. The number of hydrogen-bond acceptors (Lipinski definition) is 2. The molecule has 0 amide bonds. The van der Waals surface area contributed by atoms with E-state index in [0.717, 1.165) is 21.1 Å². The molecule has 0 fully saturated rings. The van der Waals surface area contributed by atoms with E-state index in [2.05, 4.69) is 20.9 Å². The molecule has 2 aromatic carbocycles. The van der Waals surface area contributed by atoms with E-state index in [-0.39, 0.29) is 0 Å². The van der Waals surface area contributed by atoms with Gasteiger partial charge in [-0.3, -0.25) is 0 Å². The Hall–Kier alpha value is -1.87. The van der Waals surface area contributed by atoms with Crippen molar-refractivity contribution in [3.05, 3.63) is 64.5 Å². The summed E-state index contributed by atoms with van der Waals surface area (Å²) in [4.78, 5) is 4.39. The second-order valence-corrected chi connectivity index (χ2v) is 4.82. The molecule has 0 radical (unpaired) electrons. The summed E-state index contributed by atoms with van der Waals surface area (Å²) in [7, 11) is 0. The highest BCUT2D eigenvalue weighted by Gasteiger charge is 2.00. The fraction of sp³-hybridized carbons (Fsp3) is 0. The van der Waals surface area contributed by atoms with Crippen molar-refractivity contribution in [3.8, 4) is 0 Å². The molecule has 1 aromatic heterocycles. The second kappa shape index (κ2) is 4.78. The number of fused-ring (bicyclic) bond motifs is 1. The third kappa shape index (κ3) is 2.36. The number of hydrogen-bond donors (Lipinski definition) is 0. The summed E-state index contributed by atoms with van der Waals surface area (Å²) in [5.41, 5.74) is 2.80. The van der Waals surface area contributed by atoms with Crippen molar-refractivity contribution in [1.29, 1.82) is 0 Å². The number of aromatic nitrogens is 1. The maximum absolute atomic E-state index is 5.61. The quantitative estimate of drug-likeness (QED) is 0.682. The molecular formula is C15H10BrNO. The molecule has 0 aliphatic rings. The SMILES string of the molecule is Brc1cccc(C=Cc2nc3ccccc3o2)c1. The number of oxazole rings is 1. The minimum absolute atomic E-state index is 0.621. The molecule has 3 aromatic rings. The summed E-state index contributed by atoms with van der Waals surface area (Å²) in [6.45, 7) is 0. The molecule has 0 saturated carbocycles. The van der Waals surface area contributed by atoms with Gasteiger partial charge in [0.2, 0.25) is 5.89 Å². The van der Waals surface area contributed by atoms with Crippen LogP contribution in [-0.2, 0) is 0 Å². The Morgan fingerprint density at radius 2 is 1.89 bits per heavy atom. The van der Waals surface area contributed by atoms with Crippen molar-refractivity contribution < 1.29 is 4.42 Å². The van der Waals surface area contributed by atoms with Crippen LogP contribution < -0.4 is 0 Å². The lowest BCUT2D eigenvalue weighted by molar-refractivity contribution is 0.590. The van der Waals surface area contributed by atoms with Crippen LogP contribution in [0.5, 0.6) is 0 Å². The highest BCUT2D eigenvalue weighted by Crippen LogP contribution is 2.17. The predicted octanol–water partition coefficient (Wildman–Crippen LogP) is 4.76. The number of halogens is 1. The first-order valence-corrected chi connectivity index (χ1v) is 6.40. The Balaban J connectivity index is 1.92. The largest absolute Gasteiger partial charge is 0.437 e. The fourth-order valence-electron chi connectivity index (χ4n) is 1.74. The van der Waals surface area contributed by atoms with Gasteiger partial charge in [0.25, 0.3) is 0 Å². The van der Waals surface area contributed by atoms with Crippen molar-refractivity contribution in [3.63, 3.8) is 0 Å². The van der Waals surface area contributed by atoms with Crippen molar-refractivity contribution in [1.82, 2.24) is 4.98 Å². The number of benzene rings is 2. The monoisotopic (exact) mass is 299 g/mol. The minimum Gasteiger partial charge on any atom is -0.437 e. The first-order valence-electron chi connectivity index (χ1n) is 5.60. The van der Waals surface area contributed by atoms with E-state index in [1.54, 1.807) is 0 Å². The Bertz CT molecular complexity index is 682. The van der Waals surface area contributed by atoms with Crippen LogP contribution in [0.3, 0.4) is 0 Å². The first kappa shape index (κ1) is 11.2. The summed E-state index contributed by atoms with van der Waals surface area (Å²) in [5, 5.41) is 0. The van der Waals surface area contributed by atoms with Crippen molar-refractivity contribution in [2.24, 2.45) is 0 Å². The highest BCUT2D eigenvalue weighted by molar-refractivity contribution is 9.10. The third-order valence-corrected chi connectivity index (χ3v) is 3.07. The molecule has 0 spiro atoms. The van der Waals surface area contributed by atoms with E-state index >= 15 is 0 Å². The zero-order chi connectivity index (χ0) is 12.4. The Morgan fingerprint density at radius 1 is 1.00 bits per heavy atom. The van der Waals surface area contributed by atoms with Crippen molar-refractivity contribution in [2.75, 3.05) is 0 Å². The van der Waals surface area contributed by atoms with Gasteiger partial charge < -0.3 is 4.42 Å². The standard InChI is InChI=1S/C15H10BrNO/c16-12-5-3-4-11(10-12)8-9-15-17-13-6-1-2-7-14(13)18-15/h1-10H. The van der Waals surface area contributed by atoms with Crippen LogP contribution in [0.15, 0.2) is 57.4 Å². The van der Waals surface area contributed by atoms with E-state index in [1.807, 2.05) is 60.7 Å². The molecule has 3 heteroatoms. The number of para-hydroxylation sites is 2. The van der Waals surface area contributed by atoms with Crippen molar-refractivity contribution >= 4 is 39.2 Å². The lowest BCUT2D eigenvalue weighted by Crippen LogP contribution is -1.72. The van der Waals surface area contributed by atoms with E-state index in [4.69, 9.17) is 4.42 Å². The van der Waals surface area contributed by atoms with Crippen LogP contribution >= 0.6 is 15.9 Å². The molecule has 0 N–H and O–H groups in total. The summed E-state index contributed by atoms with van der Waals surface area (Å²) in [5.74, 6) is 0.621. The summed E-state index contributed by atoms with van der Waals surface area (Å²) >= 11 is 3.44. The van der Waals surface area contributed by atoms with Crippen LogP contribution in [0.25, 0.3) is 23.3 Å². The molecule has 88 valence electrons. The predicted molar refractivity (Wildman–Crippen MR) is 77.1 cm³/mol. The molecule has 0 aliphatic heterocycles. The van der Waals surface area contributed by atoms with Gasteiger partial charge in [0.15, 0.2) is 5.58 Å². The average molecular weight is 300 g/mol. The fourth-order valence-corrected chi connectivity index (χ4v) is 2.16. The molecule has 18 heavy (non-hydrogen) atoms. The lowest BCUT2D eigenvalue weighted by Gasteiger charge is -1.92. The Morgan fingerprint density at radius 3 is 2.72 bits per heavy atom. The van der Waals surface area contributed by atoms with Crippen molar-refractivity contribution in [2.45, 2.75) is 0 Å². The molecule has 0 atom stereocenters. The van der Waals surface area contributed by atoms with Gasteiger partial charge >= 0.3 is 0 Å². The molecule has 0 bridgehead atoms. The van der Waals surface area contributed by atoms with Gasteiger partial charge in [-0.2, -0.15) is 0 Å². The van der Waals surface area contributed by atoms with Gasteiger partial charge in [-0.25, -0.2) is 4.98 Å². The van der Waals surface area contributed by atoms with Crippen LogP contribution in [0, 0.1) is 0 Å². The number of nitrogens with zero attached hydrogens (tertiary/aromatic N) is 1. The summed E-state index contributed by atoms with van der Waals surface area (Å²) in [6.07, 6.45) is 3.86. The van der Waals surface area contributed by atoms with Gasteiger partial charge in [-0.05, 0) is 35.9 Å². The molecular weight excluding hydrogens is 290 g/mol. The molecule has 0 unspecified atom stereocenters. The smallest absolute Gasteiger partial charge is 0.220 e. The van der Waals surface area contributed by atoms with Gasteiger partial charge in [0, 0.05) is 10.5 Å². The van der Waals surface area contributed by atoms with Gasteiger partial charge in [0.05, 0.1) is 0 Å². The van der Waals surface area contributed by atoms with E-state index in [9.17, 15) is 0 Å². The second-order valence-electron chi connectivity index (χ2n) is 3.91. The first-order chi connectivity index (χ1) is 8.81. The minimum atomic E-state index is 0.621. The van der Waals surface area contributed by atoms with Crippen LogP contribution in [0.1, 0.15) is 11.5 Å². The van der Waals surface area contributed by atoms with Crippen LogP contribution in [0.4, 0.5) is 0 Å². The molecule has 1 heterocycles. The Labute approximate surface area is 113 Å². The summed E-state index contributed by atoms with van der Waals surface area (Å²) in [6, 6.07) is 15.8. The van der Waals surface area contributed by atoms with E-state index in [1.165, 1.54) is 0 Å². The van der Waals surface area contributed by atoms with Gasteiger partial charge in [0.1, 0.15) is 5.52 Å². The average Bonchev–Trinajstić information content (AvgIpc) is 2.79. The topological polar surface area (TPSA) is 26.0 Å². The van der Waals surface area contributed by atoms with E-state index in [0.29, 0.717) is 5.89 Å². The van der Waals surface area contributed by atoms with Crippen LogP contribution in [0.2, 0.25) is 0 Å². The third-order valence-electron chi connectivity index (χ3n) is 2.58. The zero-order valence-corrected chi connectivity index (χ0v) is 11.1. The van der Waals surface area contributed by atoms with Crippen LogP contribution in [-0.4, -0.2) is 4.98 Å². The summed E-state index contributed by atoms with van der Waals surface area (Å²) < 4.78 is 6.67. The zero-order valence-electron chi connectivity index (χ0n) is 9.51. The van der Waals surface area contributed by atoms with E-state index < -0.39 is 0 Å². The molecule has 3 rings (SSSR count). The highest BCUT2D eigenvalue weighted by atomic mass is 79.9. The Kier molecular flexibility index (Phi) is 2.99. The molecule has 0 saturated heterocycles. The molecule has 2 nitrogen and oxygen atoms in total. The lowest BCUT2D eigenvalue weighted by atomic mass is 10.2. The maximum atomic E-state index is 5.61. The van der Waals surface area contributed by atoms with Gasteiger partial charge in [-0.15, -0.1) is 0 Å². The maximum Gasteiger partial charge on any atom is 0.220 e.